The first kappa shape index (κ1) is 18.9. The second-order valence-corrected chi connectivity index (χ2v) is 14.3. The summed E-state index contributed by atoms with van der Waals surface area (Å²) in [4.78, 5) is 12.1. The molecule has 0 unspecified atom stereocenters. The molecule has 0 saturated heterocycles. The number of aromatic hydroxyl groups is 1. The van der Waals surface area contributed by atoms with Crippen LogP contribution in [0.3, 0.4) is 0 Å². The molecule has 0 radical (unpaired) electrons. The van der Waals surface area contributed by atoms with Crippen molar-refractivity contribution in [1.82, 2.24) is 0 Å². The Kier molecular flexibility index (Phi) is 4.26. The molecule has 0 saturated carbocycles. The van der Waals surface area contributed by atoms with Crippen LogP contribution in [0.2, 0.25) is 13.1 Å². The van der Waals surface area contributed by atoms with Gasteiger partial charge >= 0.3 is 0 Å². The Balaban J connectivity index is 2.03. The number of hydrogen-bond donors (Lipinski definition) is 1. The van der Waals surface area contributed by atoms with Crippen molar-refractivity contribution in [1.29, 1.82) is 0 Å². The number of rotatable bonds is 2. The number of ketones is 1. The minimum atomic E-state index is -3.81. The van der Waals surface area contributed by atoms with Gasteiger partial charge in [-0.2, -0.15) is 0 Å². The normalized spacial score (nSPS) is 17.8. The van der Waals surface area contributed by atoms with Gasteiger partial charge in [-0.3, -0.25) is 4.79 Å². The molecule has 0 bridgehead atoms. The van der Waals surface area contributed by atoms with Crippen LogP contribution in [-0.2, 0) is 13.8 Å². The number of allylic oxidation sites excluding steroid dienone is 5. The maximum Gasteiger partial charge on any atom is 0.261 e. The van der Waals surface area contributed by atoms with Crippen molar-refractivity contribution in [3.05, 3.63) is 82.6 Å². The largest absolute Gasteiger partial charge is 0.508 e. The second kappa shape index (κ2) is 6.30. The van der Waals surface area contributed by atoms with E-state index in [9.17, 15) is 18.3 Å². The first-order chi connectivity index (χ1) is 13.1. The summed E-state index contributed by atoms with van der Waals surface area (Å²) in [5.41, 5.74) is 3.69. The third-order valence-electron chi connectivity index (χ3n) is 5.30. The first-order valence-corrected chi connectivity index (χ1v) is 14.0. The van der Waals surface area contributed by atoms with Crippen molar-refractivity contribution in [2.24, 2.45) is 0 Å². The molecule has 0 aromatic heterocycles. The molecule has 1 heterocycles. The Morgan fingerprint density at radius 2 is 1.68 bits per heavy atom. The van der Waals surface area contributed by atoms with Gasteiger partial charge in [-0.05, 0) is 69.1 Å². The van der Waals surface area contributed by atoms with E-state index in [1.165, 1.54) is 12.1 Å². The fraction of sp³-hybridized carbons (Fsp3) is 0.0952. The van der Waals surface area contributed by atoms with Crippen molar-refractivity contribution in [2.75, 3.05) is 0 Å². The number of phenols is 1. The zero-order valence-corrected chi connectivity index (χ0v) is 17.8. The van der Waals surface area contributed by atoms with Crippen LogP contribution in [0.5, 0.6) is 5.75 Å². The Labute approximate surface area is 168 Å². The fourth-order valence-corrected chi connectivity index (χ4v) is 7.75. The van der Waals surface area contributed by atoms with E-state index in [0.29, 0.717) is 0 Å². The minimum Gasteiger partial charge on any atom is -0.508 e. The summed E-state index contributed by atoms with van der Waals surface area (Å²) in [6.07, 6.45) is 5.07. The van der Waals surface area contributed by atoms with E-state index in [0.717, 1.165) is 32.7 Å². The van der Waals surface area contributed by atoms with Gasteiger partial charge in [-0.15, -0.1) is 0 Å². The van der Waals surface area contributed by atoms with Crippen molar-refractivity contribution < 1.29 is 18.3 Å². The summed E-state index contributed by atoms with van der Waals surface area (Å²) < 4.78 is 23.2. The lowest BCUT2D eigenvalue weighted by Crippen LogP contribution is -2.49. The van der Waals surface area contributed by atoms with Gasteiger partial charge in [-0.25, -0.2) is 8.42 Å². The van der Waals surface area contributed by atoms with Crippen LogP contribution in [0.15, 0.2) is 76.4 Å². The van der Waals surface area contributed by atoms with Crippen LogP contribution in [0.4, 0.5) is 0 Å². The van der Waals surface area contributed by atoms with E-state index in [-0.39, 0.29) is 16.4 Å². The summed E-state index contributed by atoms with van der Waals surface area (Å²) in [5, 5.41) is 12.1. The zero-order valence-electron chi connectivity index (χ0n) is 15.2. The van der Waals surface area contributed by atoms with E-state index in [2.05, 4.69) is 13.1 Å². The topological polar surface area (TPSA) is 71.4 Å². The van der Waals surface area contributed by atoms with Crippen LogP contribution in [0.1, 0.15) is 11.1 Å². The highest BCUT2D eigenvalue weighted by Crippen LogP contribution is 2.41. The lowest BCUT2D eigenvalue weighted by molar-refractivity contribution is -0.110. The summed E-state index contributed by atoms with van der Waals surface area (Å²) >= 11 is 0. The molecule has 28 heavy (non-hydrogen) atoms. The van der Waals surface area contributed by atoms with Crippen molar-refractivity contribution in [3.63, 3.8) is 0 Å². The van der Waals surface area contributed by atoms with Crippen LogP contribution in [0, 0.1) is 0 Å². The molecule has 2 aromatic rings. The van der Waals surface area contributed by atoms with E-state index in [4.69, 9.17) is 10.7 Å². The maximum absolute atomic E-state index is 12.1. The fourth-order valence-electron chi connectivity index (χ4n) is 3.91. The summed E-state index contributed by atoms with van der Waals surface area (Å²) in [5.74, 6) is 0.134. The number of fused-ring (bicyclic) bond motifs is 2. The molecule has 1 aliphatic heterocycles. The minimum absolute atomic E-state index is 0.0325. The molecular formula is C21H17ClO4SSi. The molecule has 7 heteroatoms. The smallest absolute Gasteiger partial charge is 0.261 e. The number of hydrogen-bond acceptors (Lipinski definition) is 4. The molecule has 1 aliphatic carbocycles. The third-order valence-corrected chi connectivity index (χ3v) is 10.2. The maximum atomic E-state index is 12.1. The summed E-state index contributed by atoms with van der Waals surface area (Å²) in [6, 6.07) is 11.7. The van der Waals surface area contributed by atoms with Gasteiger partial charge in [0.05, 0.1) is 4.90 Å². The highest BCUT2D eigenvalue weighted by Gasteiger charge is 2.39. The Morgan fingerprint density at radius 3 is 2.32 bits per heavy atom. The monoisotopic (exact) mass is 428 g/mol. The molecule has 2 aromatic carbocycles. The number of benzene rings is 2. The summed E-state index contributed by atoms with van der Waals surface area (Å²) in [6.45, 7) is 4.31. The summed E-state index contributed by atoms with van der Waals surface area (Å²) in [7, 11) is -0.574. The molecule has 0 spiro atoms. The molecule has 4 nitrogen and oxygen atoms in total. The molecule has 0 atom stereocenters. The van der Waals surface area contributed by atoms with E-state index in [1.807, 2.05) is 12.1 Å². The SMILES string of the molecule is C[Si]1(C)C2=CC(=O)C=CC2=C(c2ccc(S(=O)(=O)Cl)cc2)c2ccc(O)cc21. The zero-order chi connectivity index (χ0) is 20.3. The molecular weight excluding hydrogens is 412 g/mol. The van der Waals surface area contributed by atoms with Gasteiger partial charge in [-0.1, -0.05) is 37.4 Å². The van der Waals surface area contributed by atoms with Crippen LogP contribution in [-0.4, -0.2) is 27.4 Å². The number of carbonyl (C=O) groups is 1. The molecule has 0 amide bonds. The highest BCUT2D eigenvalue weighted by molar-refractivity contribution is 8.13. The van der Waals surface area contributed by atoms with Gasteiger partial charge in [0, 0.05) is 10.7 Å². The van der Waals surface area contributed by atoms with Gasteiger partial charge in [0.1, 0.15) is 13.8 Å². The van der Waals surface area contributed by atoms with Crippen LogP contribution < -0.4 is 5.19 Å². The average Bonchev–Trinajstić information content (AvgIpc) is 2.63. The number of halogens is 1. The number of carbonyl (C=O) groups excluding carboxylic acids is 1. The number of phenolic OH excluding ortho intramolecular Hbond substituents is 1. The standard InChI is InChI=1S/C21H17ClO4SSi/c1-28(2)19-11-14(23)5-9-17(19)21(18-10-6-15(24)12-20(18)28)13-3-7-16(8-4-13)27(22,25)26/h3-12,23H,1-2H3. The van der Waals surface area contributed by atoms with Crippen molar-refractivity contribution >= 4 is 44.4 Å². The van der Waals surface area contributed by atoms with Gasteiger partial charge < -0.3 is 5.11 Å². The predicted octanol–water partition coefficient (Wildman–Crippen LogP) is 3.66. The van der Waals surface area contributed by atoms with Crippen molar-refractivity contribution in [3.8, 4) is 5.75 Å². The highest BCUT2D eigenvalue weighted by atomic mass is 35.7. The molecule has 4 rings (SSSR count). The molecule has 142 valence electrons. The Morgan fingerprint density at radius 1 is 1.00 bits per heavy atom. The molecule has 1 N–H and O–H groups in total. The quantitative estimate of drug-likeness (QED) is 0.585. The second-order valence-electron chi connectivity index (χ2n) is 7.40. The lowest BCUT2D eigenvalue weighted by atomic mass is 9.90. The lowest BCUT2D eigenvalue weighted by Gasteiger charge is -2.37. The van der Waals surface area contributed by atoms with E-state index >= 15 is 0 Å². The van der Waals surface area contributed by atoms with Gasteiger partial charge in [0.2, 0.25) is 0 Å². The van der Waals surface area contributed by atoms with E-state index < -0.39 is 17.1 Å². The molecule has 0 fully saturated rings. The first-order valence-electron chi connectivity index (χ1n) is 8.67. The Bertz CT molecular complexity index is 1220. The Hall–Kier alpha value is -2.41. The van der Waals surface area contributed by atoms with Crippen LogP contribution >= 0.6 is 10.7 Å². The van der Waals surface area contributed by atoms with Gasteiger partial charge in [0.15, 0.2) is 5.78 Å². The third kappa shape index (κ3) is 2.98. The van der Waals surface area contributed by atoms with E-state index in [1.54, 1.807) is 36.4 Å². The van der Waals surface area contributed by atoms with Crippen LogP contribution in [0.25, 0.3) is 5.57 Å². The predicted molar refractivity (Wildman–Crippen MR) is 113 cm³/mol. The van der Waals surface area contributed by atoms with Crippen molar-refractivity contribution in [2.45, 2.75) is 18.0 Å². The van der Waals surface area contributed by atoms with Gasteiger partial charge in [0.25, 0.3) is 9.05 Å². The molecule has 2 aliphatic rings. The average molecular weight is 429 g/mol.